The van der Waals surface area contributed by atoms with Crippen molar-refractivity contribution in [2.24, 2.45) is 0 Å². The fourth-order valence-electron chi connectivity index (χ4n) is 1.87. The molecule has 0 spiro atoms. The van der Waals surface area contributed by atoms with Crippen LogP contribution in [0.1, 0.15) is 11.1 Å². The predicted molar refractivity (Wildman–Crippen MR) is 66.3 cm³/mol. The smallest absolute Gasteiger partial charge is 0.160 e. The third-order valence-electron chi connectivity index (χ3n) is 3.04. The second-order valence-electron chi connectivity index (χ2n) is 4.06. The van der Waals surface area contributed by atoms with Crippen molar-refractivity contribution in [3.63, 3.8) is 0 Å². The molecular formula is C14H14O3. The number of hydrogen-bond acceptors (Lipinski definition) is 3. The molecule has 0 aliphatic rings. The maximum absolute atomic E-state index is 9.80. The van der Waals surface area contributed by atoms with Gasteiger partial charge in [-0.2, -0.15) is 0 Å². The molecule has 0 radical (unpaired) electrons. The number of rotatable bonds is 1. The van der Waals surface area contributed by atoms with Gasteiger partial charge in [0.15, 0.2) is 11.5 Å². The van der Waals surface area contributed by atoms with Gasteiger partial charge in [-0.15, -0.1) is 0 Å². The molecule has 17 heavy (non-hydrogen) atoms. The van der Waals surface area contributed by atoms with Crippen LogP contribution in [0.4, 0.5) is 0 Å². The van der Waals surface area contributed by atoms with Crippen molar-refractivity contribution in [2.75, 3.05) is 0 Å². The lowest BCUT2D eigenvalue weighted by Crippen LogP contribution is -1.89. The van der Waals surface area contributed by atoms with Gasteiger partial charge in [-0.3, -0.25) is 0 Å². The Hall–Kier alpha value is -2.16. The molecule has 2 aromatic rings. The highest BCUT2D eigenvalue weighted by Crippen LogP contribution is 2.40. The summed E-state index contributed by atoms with van der Waals surface area (Å²) in [6.45, 7) is 3.57. The monoisotopic (exact) mass is 230 g/mol. The van der Waals surface area contributed by atoms with E-state index >= 15 is 0 Å². The van der Waals surface area contributed by atoms with Crippen molar-refractivity contribution in [1.29, 1.82) is 0 Å². The molecule has 2 aromatic carbocycles. The van der Waals surface area contributed by atoms with Gasteiger partial charge in [0, 0.05) is 5.56 Å². The first-order chi connectivity index (χ1) is 8.02. The average molecular weight is 230 g/mol. The van der Waals surface area contributed by atoms with E-state index in [0.717, 1.165) is 11.1 Å². The zero-order chi connectivity index (χ0) is 12.6. The van der Waals surface area contributed by atoms with Gasteiger partial charge in [0.05, 0.1) is 0 Å². The second kappa shape index (κ2) is 4.01. The van der Waals surface area contributed by atoms with Gasteiger partial charge in [0.25, 0.3) is 0 Å². The van der Waals surface area contributed by atoms with Crippen LogP contribution in [0.5, 0.6) is 17.2 Å². The molecule has 0 saturated carbocycles. The van der Waals surface area contributed by atoms with Crippen LogP contribution in [0, 0.1) is 13.8 Å². The molecule has 0 fully saturated rings. The van der Waals surface area contributed by atoms with Crippen molar-refractivity contribution < 1.29 is 15.3 Å². The number of phenolic OH excluding ortho intramolecular Hbond substituents is 3. The summed E-state index contributed by atoms with van der Waals surface area (Å²) in [5.74, 6) is -0.131. The Kier molecular flexibility index (Phi) is 2.68. The van der Waals surface area contributed by atoms with Crippen molar-refractivity contribution in [1.82, 2.24) is 0 Å². The summed E-state index contributed by atoms with van der Waals surface area (Å²) in [6.07, 6.45) is 0. The summed E-state index contributed by atoms with van der Waals surface area (Å²) in [4.78, 5) is 0. The molecule has 0 aliphatic heterocycles. The van der Waals surface area contributed by atoms with Gasteiger partial charge in [0.1, 0.15) is 5.75 Å². The summed E-state index contributed by atoms with van der Waals surface area (Å²) < 4.78 is 0. The topological polar surface area (TPSA) is 60.7 Å². The van der Waals surface area contributed by atoms with Crippen LogP contribution in [-0.2, 0) is 0 Å². The number of phenols is 3. The summed E-state index contributed by atoms with van der Waals surface area (Å²) >= 11 is 0. The molecule has 0 aliphatic carbocycles. The SMILES string of the molecule is Cc1c(-c2ccccc2O)cc(O)c(O)c1C. The van der Waals surface area contributed by atoms with Crippen molar-refractivity contribution in [2.45, 2.75) is 13.8 Å². The van der Waals surface area contributed by atoms with E-state index in [4.69, 9.17) is 0 Å². The molecule has 0 amide bonds. The van der Waals surface area contributed by atoms with Gasteiger partial charge in [-0.1, -0.05) is 18.2 Å². The predicted octanol–water partition coefficient (Wildman–Crippen LogP) is 3.09. The fraction of sp³-hybridized carbons (Fsp3) is 0.143. The van der Waals surface area contributed by atoms with Gasteiger partial charge in [-0.25, -0.2) is 0 Å². The molecule has 0 atom stereocenters. The number of aromatic hydroxyl groups is 3. The summed E-state index contributed by atoms with van der Waals surface area (Å²) in [5.41, 5.74) is 2.81. The Morgan fingerprint density at radius 1 is 0.765 bits per heavy atom. The normalized spacial score (nSPS) is 10.5. The molecule has 88 valence electrons. The minimum absolute atomic E-state index is 0.110. The lowest BCUT2D eigenvalue weighted by atomic mass is 9.95. The van der Waals surface area contributed by atoms with Crippen molar-refractivity contribution in [3.05, 3.63) is 41.5 Å². The van der Waals surface area contributed by atoms with Gasteiger partial charge in [-0.05, 0) is 42.7 Å². The number of para-hydroxylation sites is 1. The van der Waals surface area contributed by atoms with E-state index in [1.54, 1.807) is 25.1 Å². The molecule has 2 rings (SSSR count). The highest BCUT2D eigenvalue weighted by atomic mass is 16.3. The van der Waals surface area contributed by atoms with Crippen LogP contribution >= 0.6 is 0 Å². The zero-order valence-corrected chi connectivity index (χ0v) is 9.73. The minimum Gasteiger partial charge on any atom is -0.507 e. The molecule has 0 saturated heterocycles. The van der Waals surface area contributed by atoms with Gasteiger partial charge >= 0.3 is 0 Å². The maximum Gasteiger partial charge on any atom is 0.160 e. The molecule has 0 aromatic heterocycles. The van der Waals surface area contributed by atoms with E-state index in [1.165, 1.54) is 6.07 Å². The standard InChI is InChI=1S/C14H14O3/c1-8-9(2)14(17)13(16)7-11(8)10-5-3-4-6-12(10)15/h3-7,15-17H,1-2H3. The molecular weight excluding hydrogens is 216 g/mol. The van der Waals surface area contributed by atoms with Crippen LogP contribution in [0.15, 0.2) is 30.3 Å². The van der Waals surface area contributed by atoms with E-state index < -0.39 is 0 Å². The average Bonchev–Trinajstić information content (AvgIpc) is 2.32. The Balaban J connectivity index is 2.73. The van der Waals surface area contributed by atoms with Crippen LogP contribution < -0.4 is 0 Å². The molecule has 0 bridgehead atoms. The first-order valence-electron chi connectivity index (χ1n) is 5.33. The molecule has 3 nitrogen and oxygen atoms in total. The van der Waals surface area contributed by atoms with Gasteiger partial charge in [0.2, 0.25) is 0 Å². The largest absolute Gasteiger partial charge is 0.507 e. The van der Waals surface area contributed by atoms with Crippen LogP contribution in [0.2, 0.25) is 0 Å². The van der Waals surface area contributed by atoms with Crippen molar-refractivity contribution >= 4 is 0 Å². The lowest BCUT2D eigenvalue weighted by Gasteiger charge is -2.13. The van der Waals surface area contributed by atoms with Crippen LogP contribution in [0.3, 0.4) is 0 Å². The Morgan fingerprint density at radius 2 is 1.41 bits per heavy atom. The Bertz CT molecular complexity index is 574. The molecule has 0 unspecified atom stereocenters. The fourth-order valence-corrected chi connectivity index (χ4v) is 1.87. The summed E-state index contributed by atoms with van der Waals surface area (Å²) in [7, 11) is 0. The zero-order valence-electron chi connectivity index (χ0n) is 9.73. The number of hydrogen-bond donors (Lipinski definition) is 3. The first-order valence-corrected chi connectivity index (χ1v) is 5.33. The molecule has 0 heterocycles. The van der Waals surface area contributed by atoms with E-state index in [1.807, 2.05) is 13.0 Å². The Labute approximate surface area is 99.6 Å². The summed E-state index contributed by atoms with van der Waals surface area (Å²) in [6, 6.07) is 8.38. The summed E-state index contributed by atoms with van der Waals surface area (Å²) in [5, 5.41) is 29.0. The highest BCUT2D eigenvalue weighted by molar-refractivity contribution is 5.76. The quantitative estimate of drug-likeness (QED) is 0.660. The number of benzene rings is 2. The van der Waals surface area contributed by atoms with Crippen LogP contribution in [-0.4, -0.2) is 15.3 Å². The van der Waals surface area contributed by atoms with Crippen molar-refractivity contribution in [3.8, 4) is 28.4 Å². The second-order valence-corrected chi connectivity index (χ2v) is 4.06. The molecule has 3 heteroatoms. The third-order valence-corrected chi connectivity index (χ3v) is 3.04. The van der Waals surface area contributed by atoms with E-state index in [9.17, 15) is 15.3 Å². The Morgan fingerprint density at radius 3 is 2.06 bits per heavy atom. The third kappa shape index (κ3) is 1.80. The van der Waals surface area contributed by atoms with Gasteiger partial charge < -0.3 is 15.3 Å². The first kappa shape index (κ1) is 11.3. The highest BCUT2D eigenvalue weighted by Gasteiger charge is 2.14. The van der Waals surface area contributed by atoms with E-state index in [-0.39, 0.29) is 17.2 Å². The minimum atomic E-state index is -0.175. The van der Waals surface area contributed by atoms with Crippen LogP contribution in [0.25, 0.3) is 11.1 Å². The maximum atomic E-state index is 9.80. The molecule has 3 N–H and O–H groups in total. The van der Waals surface area contributed by atoms with E-state index in [0.29, 0.717) is 11.1 Å². The van der Waals surface area contributed by atoms with E-state index in [2.05, 4.69) is 0 Å². The lowest BCUT2D eigenvalue weighted by molar-refractivity contribution is 0.401.